The van der Waals surface area contributed by atoms with Gasteiger partial charge in [-0.05, 0) is 37.8 Å². The lowest BCUT2D eigenvalue weighted by atomic mass is 10.0. The first-order valence-electron chi connectivity index (χ1n) is 9.63. The first kappa shape index (κ1) is 19.3. The molecule has 2 rings (SSSR count). The number of amides is 1. The fourth-order valence-electron chi connectivity index (χ4n) is 3.27. The predicted octanol–water partition coefficient (Wildman–Crippen LogP) is 5.48. The largest absolute Gasteiger partial charge is 0.361 e. The second-order valence-corrected chi connectivity index (χ2v) is 6.81. The number of para-hydroxylation sites is 1. The van der Waals surface area contributed by atoms with Crippen molar-refractivity contribution in [3.05, 3.63) is 47.7 Å². The van der Waals surface area contributed by atoms with Crippen molar-refractivity contribution in [3.63, 3.8) is 0 Å². The van der Waals surface area contributed by atoms with Gasteiger partial charge < -0.3 is 9.88 Å². The molecule has 1 amide bonds. The molecule has 2 aromatic rings. The number of nitrogens with zero attached hydrogens (tertiary/aromatic N) is 1. The van der Waals surface area contributed by atoms with E-state index in [9.17, 15) is 4.79 Å². The van der Waals surface area contributed by atoms with Gasteiger partial charge in [0.2, 0.25) is 5.91 Å². The monoisotopic (exact) mass is 340 g/mol. The third kappa shape index (κ3) is 5.48. The van der Waals surface area contributed by atoms with Crippen molar-refractivity contribution in [1.82, 2.24) is 9.88 Å². The number of allylic oxidation sites excluding steroid dienone is 1. The first-order chi connectivity index (χ1) is 12.2. The first-order valence-corrected chi connectivity index (χ1v) is 9.63. The Labute approximate surface area is 152 Å². The van der Waals surface area contributed by atoms with Gasteiger partial charge in [-0.15, -0.1) is 0 Å². The summed E-state index contributed by atoms with van der Waals surface area (Å²) in [5.74, 6) is 0.179. The summed E-state index contributed by atoms with van der Waals surface area (Å²) in [6, 6.07) is 8.32. The Morgan fingerprint density at radius 1 is 1.16 bits per heavy atom. The van der Waals surface area contributed by atoms with Crippen LogP contribution in [0.4, 0.5) is 0 Å². The molecule has 0 spiro atoms. The van der Waals surface area contributed by atoms with Crippen LogP contribution in [0.3, 0.4) is 0 Å². The molecule has 1 heterocycles. The number of hydrogen-bond acceptors (Lipinski definition) is 1. The van der Waals surface area contributed by atoms with E-state index in [2.05, 4.69) is 36.3 Å². The van der Waals surface area contributed by atoms with E-state index in [1.807, 2.05) is 31.0 Å². The summed E-state index contributed by atoms with van der Waals surface area (Å²) in [5, 5.41) is 1.26. The van der Waals surface area contributed by atoms with Crippen LogP contribution in [-0.2, 0) is 11.2 Å². The second kappa shape index (κ2) is 10.1. The van der Waals surface area contributed by atoms with E-state index in [0.29, 0.717) is 0 Å². The third-order valence-electron chi connectivity index (χ3n) is 4.91. The van der Waals surface area contributed by atoms with E-state index in [-0.39, 0.29) is 5.91 Å². The zero-order chi connectivity index (χ0) is 18.1. The highest BCUT2D eigenvalue weighted by molar-refractivity contribution is 5.93. The lowest BCUT2D eigenvalue weighted by molar-refractivity contribution is -0.126. The zero-order valence-electron chi connectivity index (χ0n) is 16.0. The minimum absolute atomic E-state index is 0.179. The number of hydrogen-bond donors (Lipinski definition) is 1. The molecule has 136 valence electrons. The van der Waals surface area contributed by atoms with E-state index >= 15 is 0 Å². The van der Waals surface area contributed by atoms with E-state index in [4.69, 9.17) is 0 Å². The van der Waals surface area contributed by atoms with Gasteiger partial charge >= 0.3 is 0 Å². The molecule has 3 nitrogen and oxygen atoms in total. The summed E-state index contributed by atoms with van der Waals surface area (Å²) in [4.78, 5) is 17.8. The SMILES string of the molecule is CC=C(CCCCCCC)C(=O)N(C)CCc1c[nH]c2ccccc12. The molecule has 0 radical (unpaired) electrons. The molecule has 0 saturated carbocycles. The minimum atomic E-state index is 0.179. The molecule has 0 fully saturated rings. The lowest BCUT2D eigenvalue weighted by Crippen LogP contribution is -2.30. The normalized spacial score (nSPS) is 11.9. The lowest BCUT2D eigenvalue weighted by Gasteiger charge is -2.19. The maximum atomic E-state index is 12.7. The summed E-state index contributed by atoms with van der Waals surface area (Å²) in [6.07, 6.45) is 12.0. The smallest absolute Gasteiger partial charge is 0.249 e. The fourth-order valence-corrected chi connectivity index (χ4v) is 3.27. The van der Waals surface area contributed by atoms with Gasteiger partial charge in [0.15, 0.2) is 0 Å². The standard InChI is InChI=1S/C22H32N2O/c1-4-6-7-8-9-12-18(5-2)22(25)24(3)16-15-19-17-23-21-14-11-10-13-20(19)21/h5,10-11,13-14,17,23H,4,6-9,12,15-16H2,1-3H3. The van der Waals surface area contributed by atoms with Crippen LogP contribution in [0.2, 0.25) is 0 Å². The van der Waals surface area contributed by atoms with Crippen LogP contribution in [0.5, 0.6) is 0 Å². The fraction of sp³-hybridized carbons (Fsp3) is 0.500. The number of nitrogens with one attached hydrogen (secondary N) is 1. The van der Waals surface area contributed by atoms with Crippen molar-refractivity contribution >= 4 is 16.8 Å². The molecular formula is C22H32N2O. The molecule has 1 aromatic carbocycles. The quantitative estimate of drug-likeness (QED) is 0.451. The summed E-state index contributed by atoms with van der Waals surface area (Å²) in [5.41, 5.74) is 3.39. The van der Waals surface area contributed by atoms with Crippen LogP contribution >= 0.6 is 0 Å². The molecule has 0 bridgehead atoms. The van der Waals surface area contributed by atoms with Crippen LogP contribution in [0.15, 0.2) is 42.1 Å². The molecule has 3 heteroatoms. The van der Waals surface area contributed by atoms with Crippen molar-refractivity contribution in [2.45, 2.75) is 58.8 Å². The number of H-pyrrole nitrogens is 1. The average Bonchev–Trinajstić information content (AvgIpc) is 3.05. The number of aromatic amines is 1. The Morgan fingerprint density at radius 2 is 1.92 bits per heavy atom. The topological polar surface area (TPSA) is 36.1 Å². The maximum Gasteiger partial charge on any atom is 0.249 e. The Balaban J connectivity index is 1.84. The summed E-state index contributed by atoms with van der Waals surface area (Å²) >= 11 is 0. The van der Waals surface area contributed by atoms with Crippen LogP contribution in [-0.4, -0.2) is 29.4 Å². The number of benzene rings is 1. The van der Waals surface area contributed by atoms with Gasteiger partial charge in [-0.2, -0.15) is 0 Å². The van der Waals surface area contributed by atoms with Gasteiger partial charge in [-0.1, -0.05) is 56.9 Å². The molecular weight excluding hydrogens is 308 g/mol. The summed E-state index contributed by atoms with van der Waals surface area (Å²) < 4.78 is 0. The van der Waals surface area contributed by atoms with E-state index < -0.39 is 0 Å². The molecule has 0 unspecified atom stereocenters. The van der Waals surface area contributed by atoms with E-state index in [1.165, 1.54) is 36.6 Å². The molecule has 0 aliphatic rings. The van der Waals surface area contributed by atoms with Crippen LogP contribution < -0.4 is 0 Å². The van der Waals surface area contributed by atoms with Gasteiger partial charge in [-0.25, -0.2) is 0 Å². The van der Waals surface area contributed by atoms with Gasteiger partial charge in [0.25, 0.3) is 0 Å². The van der Waals surface area contributed by atoms with E-state index in [0.717, 1.165) is 36.9 Å². The second-order valence-electron chi connectivity index (χ2n) is 6.81. The molecule has 0 atom stereocenters. The average molecular weight is 341 g/mol. The summed E-state index contributed by atoms with van der Waals surface area (Å²) in [6.45, 7) is 4.95. The highest BCUT2D eigenvalue weighted by Gasteiger charge is 2.14. The molecule has 0 aliphatic heterocycles. The van der Waals surface area contributed by atoms with Gasteiger partial charge in [0, 0.05) is 36.3 Å². The zero-order valence-corrected chi connectivity index (χ0v) is 16.0. The molecule has 0 saturated heterocycles. The van der Waals surface area contributed by atoms with E-state index in [1.54, 1.807) is 0 Å². The van der Waals surface area contributed by atoms with Crippen molar-refractivity contribution in [1.29, 1.82) is 0 Å². The Bertz CT molecular complexity index is 699. The van der Waals surface area contributed by atoms with Crippen LogP contribution in [0.1, 0.15) is 57.9 Å². The number of carbonyl (C=O) groups excluding carboxylic acids is 1. The molecule has 1 aromatic heterocycles. The van der Waals surface area contributed by atoms with Crippen LogP contribution in [0.25, 0.3) is 10.9 Å². The number of unbranched alkanes of at least 4 members (excludes halogenated alkanes) is 4. The number of aromatic nitrogens is 1. The Kier molecular flexibility index (Phi) is 7.77. The highest BCUT2D eigenvalue weighted by atomic mass is 16.2. The minimum Gasteiger partial charge on any atom is -0.361 e. The maximum absolute atomic E-state index is 12.7. The Morgan fingerprint density at radius 3 is 2.68 bits per heavy atom. The Hall–Kier alpha value is -2.03. The van der Waals surface area contributed by atoms with Crippen molar-refractivity contribution in [2.75, 3.05) is 13.6 Å². The third-order valence-corrected chi connectivity index (χ3v) is 4.91. The van der Waals surface area contributed by atoms with Gasteiger partial charge in [-0.3, -0.25) is 4.79 Å². The highest BCUT2D eigenvalue weighted by Crippen LogP contribution is 2.19. The number of fused-ring (bicyclic) bond motifs is 1. The molecule has 25 heavy (non-hydrogen) atoms. The number of carbonyl (C=O) groups is 1. The summed E-state index contributed by atoms with van der Waals surface area (Å²) in [7, 11) is 1.91. The van der Waals surface area contributed by atoms with Gasteiger partial charge in [0.1, 0.15) is 0 Å². The van der Waals surface area contributed by atoms with Crippen molar-refractivity contribution < 1.29 is 4.79 Å². The number of rotatable bonds is 10. The predicted molar refractivity (Wildman–Crippen MR) is 107 cm³/mol. The molecule has 0 aliphatic carbocycles. The van der Waals surface area contributed by atoms with Gasteiger partial charge in [0.05, 0.1) is 0 Å². The molecule has 1 N–H and O–H groups in total. The number of likely N-dealkylation sites (N-methyl/N-ethyl adjacent to an activating group) is 1. The van der Waals surface area contributed by atoms with Crippen molar-refractivity contribution in [3.8, 4) is 0 Å². The van der Waals surface area contributed by atoms with Crippen molar-refractivity contribution in [2.24, 2.45) is 0 Å². The van der Waals surface area contributed by atoms with Crippen LogP contribution in [0, 0.1) is 0 Å².